The normalized spacial score (nSPS) is 21.0. The largest absolute Gasteiger partial charge is 0.394 e. The lowest BCUT2D eigenvalue weighted by molar-refractivity contribution is -0.226. The standard InChI is InChI=1S/C42H84N2O5/c1-3-5-7-9-11-13-15-17-19-21-23-25-27-29-31-33-35-44(42-39(43)41(48)40(47)37(36-45)49-42)38(46)34-32-30-28-26-24-22-20-18-16-14-12-10-8-6-4-2/h37,39-42,45,47-48H,3-36,43H2,1-2H3/t37-,39-,40-,41-,42?/m1/s1. The first kappa shape index (κ1) is 46.3. The van der Waals surface area contributed by atoms with Crippen molar-refractivity contribution in [1.29, 1.82) is 0 Å². The zero-order valence-corrected chi connectivity index (χ0v) is 32.6. The molecule has 1 unspecified atom stereocenters. The monoisotopic (exact) mass is 697 g/mol. The molecule has 5 atom stereocenters. The molecule has 0 spiro atoms. The third-order valence-electron chi connectivity index (χ3n) is 10.8. The third-order valence-corrected chi connectivity index (χ3v) is 10.8. The second-order valence-corrected chi connectivity index (χ2v) is 15.4. The summed E-state index contributed by atoms with van der Waals surface area (Å²) < 4.78 is 5.94. The number of hydrogen-bond acceptors (Lipinski definition) is 6. The number of aliphatic hydroxyl groups excluding tert-OH is 3. The lowest BCUT2D eigenvalue weighted by atomic mass is 9.95. The minimum atomic E-state index is -1.26. The molecule has 1 amide bonds. The molecule has 49 heavy (non-hydrogen) atoms. The molecular formula is C42H84N2O5. The van der Waals surface area contributed by atoms with Gasteiger partial charge in [0.2, 0.25) is 5.91 Å². The van der Waals surface area contributed by atoms with Crippen molar-refractivity contribution >= 4 is 5.91 Å². The van der Waals surface area contributed by atoms with E-state index in [9.17, 15) is 20.1 Å². The van der Waals surface area contributed by atoms with E-state index >= 15 is 0 Å². The molecule has 0 aromatic carbocycles. The summed E-state index contributed by atoms with van der Waals surface area (Å²) in [6.07, 6.45) is 36.1. The van der Waals surface area contributed by atoms with E-state index in [2.05, 4.69) is 13.8 Å². The van der Waals surface area contributed by atoms with Gasteiger partial charge < -0.3 is 30.7 Å². The topological polar surface area (TPSA) is 116 Å². The fourth-order valence-electron chi connectivity index (χ4n) is 7.41. The number of nitrogens with zero attached hydrogens (tertiary/aromatic N) is 1. The van der Waals surface area contributed by atoms with Crippen LogP contribution in [0.25, 0.3) is 0 Å². The van der Waals surface area contributed by atoms with E-state index in [4.69, 9.17) is 10.5 Å². The van der Waals surface area contributed by atoms with Gasteiger partial charge in [-0.15, -0.1) is 0 Å². The molecule has 1 heterocycles. The van der Waals surface area contributed by atoms with Gasteiger partial charge in [0.15, 0.2) is 6.23 Å². The van der Waals surface area contributed by atoms with Crippen molar-refractivity contribution in [3.05, 3.63) is 0 Å². The molecule has 292 valence electrons. The Hall–Kier alpha value is -0.730. The molecule has 0 aliphatic carbocycles. The van der Waals surface area contributed by atoms with Gasteiger partial charge in [-0.2, -0.15) is 0 Å². The Morgan fingerprint density at radius 3 is 1.20 bits per heavy atom. The first-order chi connectivity index (χ1) is 24.0. The van der Waals surface area contributed by atoms with Crippen LogP contribution in [0.15, 0.2) is 0 Å². The second kappa shape index (κ2) is 33.1. The number of rotatable bonds is 35. The summed E-state index contributed by atoms with van der Waals surface area (Å²) in [6.45, 7) is 4.64. The Kier molecular flexibility index (Phi) is 31.3. The highest BCUT2D eigenvalue weighted by molar-refractivity contribution is 5.76. The number of ether oxygens (including phenoxy) is 1. The first-order valence-corrected chi connectivity index (χ1v) is 21.6. The molecule has 0 aromatic rings. The lowest BCUT2D eigenvalue weighted by Crippen LogP contribution is -2.67. The minimum Gasteiger partial charge on any atom is -0.394 e. The smallest absolute Gasteiger partial charge is 0.224 e. The molecule has 1 saturated heterocycles. The van der Waals surface area contributed by atoms with Crippen molar-refractivity contribution in [2.75, 3.05) is 13.2 Å². The molecule has 0 radical (unpaired) electrons. The van der Waals surface area contributed by atoms with Crippen molar-refractivity contribution in [1.82, 2.24) is 4.90 Å². The van der Waals surface area contributed by atoms with Crippen molar-refractivity contribution < 1.29 is 24.9 Å². The van der Waals surface area contributed by atoms with Gasteiger partial charge in [0.05, 0.1) is 12.6 Å². The van der Waals surface area contributed by atoms with Crippen LogP contribution in [0.3, 0.4) is 0 Å². The molecule has 1 aliphatic heterocycles. The van der Waals surface area contributed by atoms with Gasteiger partial charge in [-0.05, 0) is 12.8 Å². The van der Waals surface area contributed by atoms with Gasteiger partial charge in [-0.3, -0.25) is 4.79 Å². The molecule has 1 aliphatic rings. The summed E-state index contributed by atoms with van der Waals surface area (Å²) in [5, 5.41) is 30.6. The van der Waals surface area contributed by atoms with Crippen molar-refractivity contribution in [3.63, 3.8) is 0 Å². The van der Waals surface area contributed by atoms with E-state index in [0.29, 0.717) is 13.0 Å². The van der Waals surface area contributed by atoms with E-state index in [1.807, 2.05) is 0 Å². The Labute approximate surface area is 303 Å². The lowest BCUT2D eigenvalue weighted by Gasteiger charge is -2.45. The minimum absolute atomic E-state index is 0.00335. The highest BCUT2D eigenvalue weighted by atomic mass is 16.5. The predicted molar refractivity (Wildman–Crippen MR) is 207 cm³/mol. The van der Waals surface area contributed by atoms with E-state index < -0.39 is 37.2 Å². The molecule has 0 aromatic heterocycles. The average Bonchev–Trinajstić information content (AvgIpc) is 3.10. The van der Waals surface area contributed by atoms with Crippen LogP contribution in [-0.2, 0) is 9.53 Å². The molecule has 7 heteroatoms. The maximum atomic E-state index is 13.5. The fraction of sp³-hybridized carbons (Fsp3) is 0.976. The van der Waals surface area contributed by atoms with Crippen LogP contribution in [0.1, 0.15) is 219 Å². The Morgan fingerprint density at radius 2 is 0.857 bits per heavy atom. The van der Waals surface area contributed by atoms with Crippen LogP contribution in [0.2, 0.25) is 0 Å². The molecule has 1 rings (SSSR count). The maximum absolute atomic E-state index is 13.5. The summed E-state index contributed by atoms with van der Waals surface area (Å²) in [4.78, 5) is 15.2. The van der Waals surface area contributed by atoms with Crippen LogP contribution in [0.5, 0.6) is 0 Å². The van der Waals surface area contributed by atoms with Gasteiger partial charge in [0.25, 0.3) is 0 Å². The van der Waals surface area contributed by atoms with E-state index in [-0.39, 0.29) is 5.91 Å². The van der Waals surface area contributed by atoms with Gasteiger partial charge in [-0.25, -0.2) is 0 Å². The van der Waals surface area contributed by atoms with Crippen LogP contribution in [0, 0.1) is 0 Å². The summed E-state index contributed by atoms with van der Waals surface area (Å²) in [5.74, 6) is -0.00335. The maximum Gasteiger partial charge on any atom is 0.224 e. The van der Waals surface area contributed by atoms with E-state index in [0.717, 1.165) is 38.5 Å². The van der Waals surface area contributed by atoms with Crippen LogP contribution < -0.4 is 5.73 Å². The van der Waals surface area contributed by atoms with Crippen LogP contribution in [-0.4, -0.2) is 69.9 Å². The molecule has 5 N–H and O–H groups in total. The van der Waals surface area contributed by atoms with Gasteiger partial charge in [-0.1, -0.05) is 200 Å². The number of carbonyl (C=O) groups excluding carboxylic acids is 1. The highest BCUT2D eigenvalue weighted by Crippen LogP contribution is 2.25. The summed E-state index contributed by atoms with van der Waals surface area (Å²) in [5.41, 5.74) is 6.30. The number of aliphatic hydroxyl groups is 3. The molecule has 0 saturated carbocycles. The third kappa shape index (κ3) is 23.5. The second-order valence-electron chi connectivity index (χ2n) is 15.4. The van der Waals surface area contributed by atoms with E-state index in [1.54, 1.807) is 4.90 Å². The van der Waals surface area contributed by atoms with Crippen molar-refractivity contribution in [2.24, 2.45) is 5.73 Å². The van der Waals surface area contributed by atoms with Crippen molar-refractivity contribution in [2.45, 2.75) is 250 Å². The molecule has 1 fully saturated rings. The Balaban J connectivity index is 2.27. The average molecular weight is 697 g/mol. The van der Waals surface area contributed by atoms with Crippen LogP contribution in [0.4, 0.5) is 0 Å². The van der Waals surface area contributed by atoms with Crippen molar-refractivity contribution in [3.8, 4) is 0 Å². The van der Waals surface area contributed by atoms with Gasteiger partial charge >= 0.3 is 0 Å². The summed E-state index contributed by atoms with van der Waals surface area (Å²) >= 11 is 0. The zero-order chi connectivity index (χ0) is 35.8. The molecule has 0 bridgehead atoms. The molecular weight excluding hydrogens is 612 g/mol. The zero-order valence-electron chi connectivity index (χ0n) is 32.6. The highest BCUT2D eigenvalue weighted by Gasteiger charge is 2.45. The van der Waals surface area contributed by atoms with E-state index in [1.165, 1.54) is 161 Å². The Morgan fingerprint density at radius 1 is 0.531 bits per heavy atom. The van der Waals surface area contributed by atoms with Gasteiger partial charge in [0, 0.05) is 13.0 Å². The quantitative estimate of drug-likeness (QED) is 0.0490. The fourth-order valence-corrected chi connectivity index (χ4v) is 7.41. The summed E-state index contributed by atoms with van der Waals surface area (Å²) in [6, 6.07) is -0.913. The summed E-state index contributed by atoms with van der Waals surface area (Å²) in [7, 11) is 0. The van der Waals surface area contributed by atoms with Crippen LogP contribution >= 0.6 is 0 Å². The number of hydrogen-bond donors (Lipinski definition) is 4. The number of nitrogens with two attached hydrogens (primary N) is 1. The number of carbonyl (C=O) groups is 1. The number of amides is 1. The first-order valence-electron chi connectivity index (χ1n) is 21.6. The number of unbranched alkanes of at least 4 members (excludes halogenated alkanes) is 29. The SMILES string of the molecule is CCCCCCCCCCCCCCCCCCN(C(=O)CCCCCCCCCCCCCCCCC)C1O[C@H](CO)[C@@H](O)[C@H](O)[C@H]1N. The Bertz CT molecular complexity index is 723. The molecule has 7 nitrogen and oxygen atoms in total. The van der Waals surface area contributed by atoms with Gasteiger partial charge in [0.1, 0.15) is 18.3 Å². The predicted octanol–water partition coefficient (Wildman–Crippen LogP) is 10.1.